The maximum Gasteiger partial charge on any atom is 0.312 e. The molecule has 8 heteroatoms. The van der Waals surface area contributed by atoms with E-state index in [4.69, 9.17) is 4.74 Å². The highest BCUT2D eigenvalue weighted by Gasteiger charge is 2.16. The van der Waals surface area contributed by atoms with E-state index in [9.17, 15) is 15.2 Å². The van der Waals surface area contributed by atoms with E-state index in [1.54, 1.807) is 12.3 Å². The van der Waals surface area contributed by atoms with Crippen molar-refractivity contribution < 1.29 is 14.8 Å². The van der Waals surface area contributed by atoms with Crippen molar-refractivity contribution in [2.45, 2.75) is 6.61 Å². The highest BCUT2D eigenvalue weighted by molar-refractivity contribution is 9.10. The molecule has 7 nitrogen and oxygen atoms in total. The molecule has 0 aliphatic heterocycles. The van der Waals surface area contributed by atoms with E-state index >= 15 is 0 Å². The van der Waals surface area contributed by atoms with Gasteiger partial charge < -0.3 is 15.2 Å². The highest BCUT2D eigenvalue weighted by Crippen LogP contribution is 2.34. The summed E-state index contributed by atoms with van der Waals surface area (Å²) >= 11 is 3.42. The lowest BCUT2D eigenvalue weighted by atomic mass is 10.1. The summed E-state index contributed by atoms with van der Waals surface area (Å²) in [6, 6.07) is 10.2. The van der Waals surface area contributed by atoms with Crippen molar-refractivity contribution in [2.75, 3.05) is 12.4 Å². The minimum atomic E-state index is -0.502. The second kappa shape index (κ2) is 7.04. The van der Waals surface area contributed by atoms with Crippen LogP contribution < -0.4 is 10.1 Å². The van der Waals surface area contributed by atoms with Crippen molar-refractivity contribution in [1.82, 2.24) is 4.98 Å². The molecule has 2 aromatic carbocycles. The molecule has 0 bridgehead atoms. The number of aliphatic hydroxyl groups excluding tert-OH is 1. The molecule has 1 heterocycles. The molecule has 3 rings (SSSR count). The van der Waals surface area contributed by atoms with Crippen molar-refractivity contribution in [2.24, 2.45) is 0 Å². The fraction of sp³-hybridized carbons (Fsp3) is 0.118. The number of halogens is 1. The molecule has 25 heavy (non-hydrogen) atoms. The maximum atomic E-state index is 11.2. The SMILES string of the molecule is COc1ccc(Nc2c(CO)cnc3ccc(Br)cc23)cc1[N+](=O)[O-]. The van der Waals surface area contributed by atoms with Crippen LogP contribution in [0, 0.1) is 10.1 Å². The fourth-order valence-corrected chi connectivity index (χ4v) is 2.89. The van der Waals surface area contributed by atoms with Crippen molar-refractivity contribution in [3.05, 3.63) is 62.7 Å². The largest absolute Gasteiger partial charge is 0.490 e. The van der Waals surface area contributed by atoms with Gasteiger partial charge in [0.15, 0.2) is 5.75 Å². The number of pyridine rings is 1. The number of aromatic nitrogens is 1. The molecule has 0 aliphatic carbocycles. The number of fused-ring (bicyclic) bond motifs is 1. The number of nitro benzene ring substituents is 1. The summed E-state index contributed by atoms with van der Waals surface area (Å²) in [5.74, 6) is 0.181. The molecule has 0 fully saturated rings. The molecular formula is C17H14BrN3O4. The molecule has 3 aromatic rings. The molecule has 2 N–H and O–H groups in total. The predicted molar refractivity (Wildman–Crippen MR) is 98.3 cm³/mol. The van der Waals surface area contributed by atoms with E-state index in [1.165, 1.54) is 19.2 Å². The van der Waals surface area contributed by atoms with Gasteiger partial charge in [-0.2, -0.15) is 0 Å². The number of aliphatic hydroxyl groups is 1. The van der Waals surface area contributed by atoms with Gasteiger partial charge in [0.25, 0.3) is 0 Å². The number of methoxy groups -OCH3 is 1. The minimum Gasteiger partial charge on any atom is -0.490 e. The summed E-state index contributed by atoms with van der Waals surface area (Å²) in [5.41, 5.74) is 2.34. The summed E-state index contributed by atoms with van der Waals surface area (Å²) in [4.78, 5) is 15.0. The lowest BCUT2D eigenvalue weighted by Gasteiger charge is -2.14. The Morgan fingerprint density at radius 1 is 1.32 bits per heavy atom. The lowest BCUT2D eigenvalue weighted by Crippen LogP contribution is -2.00. The third-order valence-electron chi connectivity index (χ3n) is 3.72. The smallest absolute Gasteiger partial charge is 0.312 e. The Morgan fingerprint density at radius 3 is 2.80 bits per heavy atom. The van der Waals surface area contributed by atoms with Gasteiger partial charge in [0.05, 0.1) is 29.8 Å². The van der Waals surface area contributed by atoms with Crippen LogP contribution in [0.4, 0.5) is 17.1 Å². The third kappa shape index (κ3) is 3.40. The Morgan fingerprint density at radius 2 is 2.12 bits per heavy atom. The Hall–Kier alpha value is -2.71. The topological polar surface area (TPSA) is 97.5 Å². The van der Waals surface area contributed by atoms with Crippen molar-refractivity contribution in [3.63, 3.8) is 0 Å². The number of hydrogen-bond acceptors (Lipinski definition) is 6. The molecule has 0 saturated carbocycles. The number of nitrogens with zero attached hydrogens (tertiary/aromatic N) is 2. The van der Waals surface area contributed by atoms with Gasteiger partial charge in [0.1, 0.15) is 0 Å². The van der Waals surface area contributed by atoms with Gasteiger partial charge in [-0.15, -0.1) is 0 Å². The van der Waals surface area contributed by atoms with Crippen LogP contribution in [0.25, 0.3) is 10.9 Å². The fourth-order valence-electron chi connectivity index (χ4n) is 2.53. The van der Waals surface area contributed by atoms with Gasteiger partial charge in [-0.05, 0) is 30.3 Å². The molecule has 0 radical (unpaired) electrons. The van der Waals surface area contributed by atoms with Gasteiger partial charge in [0, 0.05) is 33.4 Å². The van der Waals surface area contributed by atoms with Gasteiger partial charge in [0.2, 0.25) is 0 Å². The second-order valence-electron chi connectivity index (χ2n) is 5.25. The first-order valence-corrected chi connectivity index (χ1v) is 8.10. The summed E-state index contributed by atoms with van der Waals surface area (Å²) < 4.78 is 5.88. The third-order valence-corrected chi connectivity index (χ3v) is 4.22. The number of hydrogen-bond donors (Lipinski definition) is 2. The number of anilines is 2. The van der Waals surface area contributed by atoms with Crippen LogP contribution in [0.3, 0.4) is 0 Å². The van der Waals surface area contributed by atoms with E-state index in [0.717, 1.165) is 15.4 Å². The minimum absolute atomic E-state index is 0.141. The van der Waals surface area contributed by atoms with Crippen LogP contribution in [0.15, 0.2) is 47.1 Å². The average Bonchev–Trinajstić information content (AvgIpc) is 2.62. The van der Waals surface area contributed by atoms with Crippen LogP contribution in [0.2, 0.25) is 0 Å². The van der Waals surface area contributed by atoms with E-state index in [0.29, 0.717) is 16.9 Å². The van der Waals surface area contributed by atoms with Crippen LogP contribution in [-0.2, 0) is 6.61 Å². The molecule has 0 atom stereocenters. The molecular weight excluding hydrogens is 390 g/mol. The summed E-state index contributed by atoms with van der Waals surface area (Å²) in [6.45, 7) is -0.212. The van der Waals surface area contributed by atoms with Crippen molar-refractivity contribution >= 4 is 43.9 Å². The molecule has 0 unspecified atom stereocenters. The van der Waals surface area contributed by atoms with E-state index in [2.05, 4.69) is 26.2 Å². The van der Waals surface area contributed by atoms with E-state index in [1.807, 2.05) is 18.2 Å². The number of benzene rings is 2. The first-order chi connectivity index (χ1) is 12.0. The van der Waals surface area contributed by atoms with Crippen LogP contribution in [0.1, 0.15) is 5.56 Å². The van der Waals surface area contributed by atoms with Gasteiger partial charge in [-0.25, -0.2) is 0 Å². The van der Waals surface area contributed by atoms with E-state index in [-0.39, 0.29) is 18.0 Å². The Balaban J connectivity index is 2.13. The van der Waals surface area contributed by atoms with Gasteiger partial charge in [-0.3, -0.25) is 15.1 Å². The predicted octanol–water partition coefficient (Wildman–Crippen LogP) is 4.15. The first-order valence-electron chi connectivity index (χ1n) is 7.31. The summed E-state index contributed by atoms with van der Waals surface area (Å²) in [7, 11) is 1.38. The average molecular weight is 404 g/mol. The quantitative estimate of drug-likeness (QED) is 0.490. The zero-order chi connectivity index (χ0) is 18.0. The molecule has 0 aliphatic rings. The Bertz CT molecular complexity index is 962. The Kier molecular flexibility index (Phi) is 4.82. The summed E-state index contributed by atoms with van der Waals surface area (Å²) in [6.07, 6.45) is 1.58. The summed E-state index contributed by atoms with van der Waals surface area (Å²) in [5, 5.41) is 24.8. The van der Waals surface area contributed by atoms with Crippen molar-refractivity contribution in [3.8, 4) is 5.75 Å². The zero-order valence-corrected chi connectivity index (χ0v) is 14.8. The molecule has 128 valence electrons. The monoisotopic (exact) mass is 403 g/mol. The number of nitro groups is 1. The number of ether oxygens (including phenoxy) is 1. The van der Waals surface area contributed by atoms with Gasteiger partial charge >= 0.3 is 5.69 Å². The second-order valence-corrected chi connectivity index (χ2v) is 6.16. The lowest BCUT2D eigenvalue weighted by molar-refractivity contribution is -0.385. The standard InChI is InChI=1S/C17H14BrN3O4/c1-25-16-5-3-12(7-15(16)21(23)24)20-17-10(9-22)8-19-14-4-2-11(18)6-13(14)17/h2-8,22H,9H2,1H3,(H,19,20). The number of nitrogens with one attached hydrogen (secondary N) is 1. The first kappa shape index (κ1) is 17.1. The van der Waals surface area contributed by atoms with Crippen molar-refractivity contribution in [1.29, 1.82) is 0 Å². The van der Waals surface area contributed by atoms with Crippen LogP contribution >= 0.6 is 15.9 Å². The highest BCUT2D eigenvalue weighted by atomic mass is 79.9. The Labute approximate surface area is 151 Å². The molecule has 0 amide bonds. The molecule has 0 saturated heterocycles. The zero-order valence-electron chi connectivity index (χ0n) is 13.2. The number of rotatable bonds is 5. The molecule has 1 aromatic heterocycles. The molecule has 0 spiro atoms. The maximum absolute atomic E-state index is 11.2. The van der Waals surface area contributed by atoms with Crippen LogP contribution in [0.5, 0.6) is 5.75 Å². The normalized spacial score (nSPS) is 10.7. The van der Waals surface area contributed by atoms with E-state index < -0.39 is 4.92 Å². The van der Waals surface area contributed by atoms with Crippen LogP contribution in [-0.4, -0.2) is 22.1 Å². The van der Waals surface area contributed by atoms with Gasteiger partial charge in [-0.1, -0.05) is 15.9 Å².